The van der Waals surface area contributed by atoms with Crippen LogP contribution in [0.15, 0.2) is 12.3 Å². The van der Waals surface area contributed by atoms with Crippen molar-refractivity contribution >= 4 is 6.29 Å². The maximum absolute atomic E-state index is 11.1. The molecule has 0 bridgehead atoms. The first-order valence-corrected chi connectivity index (χ1v) is 6.41. The van der Waals surface area contributed by atoms with Crippen LogP contribution < -0.4 is 0 Å². The van der Waals surface area contributed by atoms with Gasteiger partial charge in [-0.05, 0) is 43.2 Å². The molecule has 3 nitrogen and oxygen atoms in total. The first-order chi connectivity index (χ1) is 8.38. The SMILES string of the molecule is O=Cc1cc(C2CCOCC2)cnc1C1CC1. The Morgan fingerprint density at radius 3 is 2.59 bits per heavy atom. The molecule has 17 heavy (non-hydrogen) atoms. The molecule has 0 N–H and O–H groups in total. The highest BCUT2D eigenvalue weighted by Crippen LogP contribution is 2.40. The Morgan fingerprint density at radius 2 is 1.94 bits per heavy atom. The summed E-state index contributed by atoms with van der Waals surface area (Å²) in [7, 11) is 0. The Balaban J connectivity index is 1.87. The first kappa shape index (κ1) is 10.9. The third-order valence-electron chi connectivity index (χ3n) is 3.75. The highest BCUT2D eigenvalue weighted by molar-refractivity contribution is 5.77. The summed E-state index contributed by atoms with van der Waals surface area (Å²) in [6.45, 7) is 1.65. The molecule has 90 valence electrons. The van der Waals surface area contributed by atoms with Crippen molar-refractivity contribution in [3.05, 3.63) is 29.1 Å². The zero-order chi connectivity index (χ0) is 11.7. The van der Waals surface area contributed by atoms with Crippen LogP contribution in [0.5, 0.6) is 0 Å². The molecule has 0 radical (unpaired) electrons. The van der Waals surface area contributed by atoms with Gasteiger partial charge in [0.25, 0.3) is 0 Å². The van der Waals surface area contributed by atoms with Crippen LogP contribution in [-0.2, 0) is 4.74 Å². The van der Waals surface area contributed by atoms with Gasteiger partial charge < -0.3 is 4.74 Å². The van der Waals surface area contributed by atoms with E-state index in [0.29, 0.717) is 11.8 Å². The van der Waals surface area contributed by atoms with Crippen molar-refractivity contribution in [2.75, 3.05) is 13.2 Å². The van der Waals surface area contributed by atoms with Crippen molar-refractivity contribution in [2.45, 2.75) is 37.5 Å². The molecular weight excluding hydrogens is 214 g/mol. The van der Waals surface area contributed by atoms with E-state index in [1.54, 1.807) is 0 Å². The van der Waals surface area contributed by atoms with Crippen LogP contribution in [0.3, 0.4) is 0 Å². The number of pyridine rings is 1. The molecule has 1 aromatic rings. The lowest BCUT2D eigenvalue weighted by Crippen LogP contribution is -2.14. The molecule has 0 aromatic carbocycles. The average molecular weight is 231 g/mol. The van der Waals surface area contributed by atoms with Crippen molar-refractivity contribution in [1.82, 2.24) is 4.98 Å². The number of aromatic nitrogens is 1. The number of hydrogen-bond donors (Lipinski definition) is 0. The minimum absolute atomic E-state index is 0.517. The van der Waals surface area contributed by atoms with Crippen LogP contribution in [0, 0.1) is 0 Å². The fraction of sp³-hybridized carbons (Fsp3) is 0.571. The van der Waals surface area contributed by atoms with Crippen LogP contribution in [0.1, 0.15) is 59.1 Å². The maximum atomic E-state index is 11.1. The van der Waals surface area contributed by atoms with Gasteiger partial charge in [0.2, 0.25) is 0 Å². The topological polar surface area (TPSA) is 39.2 Å². The summed E-state index contributed by atoms with van der Waals surface area (Å²) in [5.41, 5.74) is 3.02. The van der Waals surface area contributed by atoms with Crippen LogP contribution in [0.2, 0.25) is 0 Å². The van der Waals surface area contributed by atoms with E-state index in [0.717, 1.165) is 43.6 Å². The van der Waals surface area contributed by atoms with E-state index in [2.05, 4.69) is 4.98 Å². The highest BCUT2D eigenvalue weighted by atomic mass is 16.5. The molecule has 1 aliphatic carbocycles. The van der Waals surface area contributed by atoms with E-state index in [-0.39, 0.29) is 0 Å². The van der Waals surface area contributed by atoms with E-state index in [9.17, 15) is 4.79 Å². The van der Waals surface area contributed by atoms with Gasteiger partial charge in [0.15, 0.2) is 6.29 Å². The van der Waals surface area contributed by atoms with Gasteiger partial charge in [0.05, 0.1) is 5.69 Å². The zero-order valence-electron chi connectivity index (χ0n) is 9.89. The van der Waals surface area contributed by atoms with E-state index in [1.807, 2.05) is 12.3 Å². The van der Waals surface area contributed by atoms with Gasteiger partial charge >= 0.3 is 0 Å². The third-order valence-corrected chi connectivity index (χ3v) is 3.75. The lowest BCUT2D eigenvalue weighted by Gasteiger charge is -2.22. The molecule has 1 aliphatic heterocycles. The molecule has 3 heteroatoms. The van der Waals surface area contributed by atoms with E-state index < -0.39 is 0 Å². The zero-order valence-corrected chi connectivity index (χ0v) is 9.89. The van der Waals surface area contributed by atoms with Gasteiger partial charge in [-0.3, -0.25) is 9.78 Å². The molecule has 1 saturated heterocycles. The second-order valence-corrected chi connectivity index (χ2v) is 5.02. The summed E-state index contributed by atoms with van der Waals surface area (Å²) >= 11 is 0. The van der Waals surface area contributed by atoms with Gasteiger partial charge in [-0.25, -0.2) is 0 Å². The van der Waals surface area contributed by atoms with Crippen molar-refractivity contribution < 1.29 is 9.53 Å². The molecular formula is C14H17NO2. The molecule has 1 saturated carbocycles. The number of rotatable bonds is 3. The summed E-state index contributed by atoms with van der Waals surface area (Å²) in [5, 5.41) is 0. The maximum Gasteiger partial charge on any atom is 0.151 e. The summed E-state index contributed by atoms with van der Waals surface area (Å²) in [5.74, 6) is 1.06. The Hall–Kier alpha value is -1.22. The van der Waals surface area contributed by atoms with E-state index in [4.69, 9.17) is 4.74 Å². The summed E-state index contributed by atoms with van der Waals surface area (Å²) in [6, 6.07) is 2.05. The lowest BCUT2D eigenvalue weighted by molar-refractivity contribution is 0.0852. The van der Waals surface area contributed by atoms with E-state index in [1.165, 1.54) is 18.4 Å². The quantitative estimate of drug-likeness (QED) is 0.751. The number of hydrogen-bond acceptors (Lipinski definition) is 3. The molecule has 0 unspecified atom stereocenters. The first-order valence-electron chi connectivity index (χ1n) is 6.41. The normalized spacial score (nSPS) is 21.4. The van der Waals surface area contributed by atoms with Crippen molar-refractivity contribution in [3.63, 3.8) is 0 Å². The molecule has 3 rings (SSSR count). The predicted octanol–water partition coefficient (Wildman–Crippen LogP) is 2.67. The standard InChI is InChI=1S/C14H17NO2/c16-9-13-7-12(10-3-5-17-6-4-10)8-15-14(13)11-1-2-11/h7-11H,1-6H2. The third kappa shape index (κ3) is 2.25. The molecule has 0 spiro atoms. The van der Waals surface area contributed by atoms with Crippen molar-refractivity contribution in [1.29, 1.82) is 0 Å². The minimum Gasteiger partial charge on any atom is -0.381 e. The van der Waals surface area contributed by atoms with Crippen molar-refractivity contribution in [3.8, 4) is 0 Å². The monoisotopic (exact) mass is 231 g/mol. The average Bonchev–Trinajstić information content (AvgIpc) is 3.23. The Bertz CT molecular complexity index is 420. The number of nitrogens with zero attached hydrogens (tertiary/aromatic N) is 1. The molecule has 2 heterocycles. The molecule has 1 aromatic heterocycles. The smallest absolute Gasteiger partial charge is 0.151 e. The molecule has 0 amide bonds. The number of carbonyl (C=O) groups excluding carboxylic acids is 1. The summed E-state index contributed by atoms with van der Waals surface area (Å²) < 4.78 is 5.36. The van der Waals surface area contributed by atoms with Gasteiger partial charge in [-0.2, -0.15) is 0 Å². The highest BCUT2D eigenvalue weighted by Gasteiger charge is 2.28. The van der Waals surface area contributed by atoms with E-state index >= 15 is 0 Å². The van der Waals surface area contributed by atoms with Crippen LogP contribution >= 0.6 is 0 Å². The fourth-order valence-electron chi connectivity index (χ4n) is 2.56. The second kappa shape index (κ2) is 4.57. The Labute approximate surface area is 101 Å². The number of ether oxygens (including phenoxy) is 1. The summed E-state index contributed by atoms with van der Waals surface area (Å²) in [6.07, 6.45) is 7.39. The van der Waals surface area contributed by atoms with Gasteiger partial charge in [-0.1, -0.05) is 0 Å². The van der Waals surface area contributed by atoms with Crippen LogP contribution in [0.25, 0.3) is 0 Å². The Morgan fingerprint density at radius 1 is 1.18 bits per heavy atom. The fourth-order valence-corrected chi connectivity index (χ4v) is 2.56. The van der Waals surface area contributed by atoms with Crippen LogP contribution in [-0.4, -0.2) is 24.5 Å². The van der Waals surface area contributed by atoms with Crippen LogP contribution in [0.4, 0.5) is 0 Å². The van der Waals surface area contributed by atoms with Gasteiger partial charge in [0, 0.05) is 30.9 Å². The number of carbonyl (C=O) groups is 1. The lowest BCUT2D eigenvalue weighted by atomic mass is 9.91. The van der Waals surface area contributed by atoms with Gasteiger partial charge in [0.1, 0.15) is 0 Å². The Kier molecular flexibility index (Phi) is 2.93. The second-order valence-electron chi connectivity index (χ2n) is 5.02. The molecule has 2 fully saturated rings. The van der Waals surface area contributed by atoms with Crippen molar-refractivity contribution in [2.24, 2.45) is 0 Å². The van der Waals surface area contributed by atoms with Gasteiger partial charge in [-0.15, -0.1) is 0 Å². The molecule has 2 aliphatic rings. The minimum atomic E-state index is 0.517. The predicted molar refractivity (Wildman–Crippen MR) is 64.4 cm³/mol. The summed E-state index contributed by atoms with van der Waals surface area (Å²) in [4.78, 5) is 15.6. The largest absolute Gasteiger partial charge is 0.381 e. The number of aldehydes is 1. The molecule has 0 atom stereocenters.